The van der Waals surface area contributed by atoms with E-state index in [9.17, 15) is 9.59 Å². The fourth-order valence-corrected chi connectivity index (χ4v) is 0.711. The molecule has 0 radical (unpaired) electrons. The predicted octanol–water partition coefficient (Wildman–Crippen LogP) is 1.08. The number of aliphatic carboxylic acids is 1. The molecule has 1 aromatic heterocycles. The fraction of sp³-hybridized carbons (Fsp3) is 0. The number of furan rings is 1. The van der Waals surface area contributed by atoms with Crippen LogP contribution in [0.25, 0.3) is 6.08 Å². The minimum absolute atomic E-state index is 0.194. The van der Waals surface area contributed by atoms with Crippen molar-refractivity contribution in [2.45, 2.75) is 0 Å². The largest absolute Gasteiger partial charge is 0.478 e. The Labute approximate surface area is 72.9 Å². The number of carbonyl (C=O) groups is 2. The Balaban J connectivity index is 2.80. The molecule has 0 fully saturated rings. The van der Waals surface area contributed by atoms with E-state index < -0.39 is 11.9 Å². The Morgan fingerprint density at radius 2 is 2.00 bits per heavy atom. The standard InChI is InChI=1S/C8H6O5/c9-7(10)4-2-5-1-3-6(13-5)8(11)12/h1-4H,(H,9,10)(H,11,12)/b4-2+. The van der Waals surface area contributed by atoms with E-state index >= 15 is 0 Å². The first-order chi connectivity index (χ1) is 6.09. The lowest BCUT2D eigenvalue weighted by Gasteiger charge is -1.84. The summed E-state index contributed by atoms with van der Waals surface area (Å²) >= 11 is 0. The van der Waals surface area contributed by atoms with E-state index in [1.165, 1.54) is 18.2 Å². The van der Waals surface area contributed by atoms with Crippen LogP contribution in [-0.4, -0.2) is 22.2 Å². The number of rotatable bonds is 3. The SMILES string of the molecule is O=C(O)/C=C/c1ccc(C(=O)O)o1. The number of hydrogen-bond acceptors (Lipinski definition) is 3. The molecule has 0 aliphatic rings. The van der Waals surface area contributed by atoms with Crippen LogP contribution < -0.4 is 0 Å². The van der Waals surface area contributed by atoms with E-state index in [-0.39, 0.29) is 11.5 Å². The molecule has 1 rings (SSSR count). The third kappa shape index (κ3) is 2.48. The molecule has 0 spiro atoms. The van der Waals surface area contributed by atoms with Crippen LogP contribution in [0.3, 0.4) is 0 Å². The summed E-state index contributed by atoms with van der Waals surface area (Å²) in [5.41, 5.74) is 0. The molecular weight excluding hydrogens is 176 g/mol. The van der Waals surface area contributed by atoms with E-state index in [1.54, 1.807) is 0 Å². The van der Waals surface area contributed by atoms with Crippen molar-refractivity contribution in [3.8, 4) is 0 Å². The van der Waals surface area contributed by atoms with Gasteiger partial charge < -0.3 is 14.6 Å². The first kappa shape index (κ1) is 9.05. The van der Waals surface area contributed by atoms with Crippen molar-refractivity contribution in [2.24, 2.45) is 0 Å². The highest BCUT2D eigenvalue weighted by Crippen LogP contribution is 2.09. The molecular formula is C8H6O5. The van der Waals surface area contributed by atoms with Crippen molar-refractivity contribution >= 4 is 18.0 Å². The van der Waals surface area contributed by atoms with Crippen molar-refractivity contribution in [2.75, 3.05) is 0 Å². The van der Waals surface area contributed by atoms with Crippen LogP contribution in [0.2, 0.25) is 0 Å². The van der Waals surface area contributed by atoms with Gasteiger partial charge in [-0.05, 0) is 18.2 Å². The molecule has 0 aliphatic heterocycles. The summed E-state index contributed by atoms with van der Waals surface area (Å²) < 4.78 is 4.75. The normalized spacial score (nSPS) is 10.5. The number of aromatic carboxylic acids is 1. The fourth-order valence-electron chi connectivity index (χ4n) is 0.711. The summed E-state index contributed by atoms with van der Waals surface area (Å²) in [6.07, 6.45) is 2.04. The summed E-state index contributed by atoms with van der Waals surface area (Å²) in [5, 5.41) is 16.7. The monoisotopic (exact) mass is 182 g/mol. The smallest absolute Gasteiger partial charge is 0.371 e. The lowest BCUT2D eigenvalue weighted by Crippen LogP contribution is -1.91. The maximum absolute atomic E-state index is 10.3. The van der Waals surface area contributed by atoms with Crippen LogP contribution in [0.15, 0.2) is 22.6 Å². The summed E-state index contributed by atoms with van der Waals surface area (Å²) in [6.45, 7) is 0. The van der Waals surface area contributed by atoms with Gasteiger partial charge in [0.25, 0.3) is 0 Å². The van der Waals surface area contributed by atoms with Gasteiger partial charge in [-0.3, -0.25) is 0 Å². The molecule has 0 aliphatic carbocycles. The van der Waals surface area contributed by atoms with Gasteiger partial charge in [-0.1, -0.05) is 0 Å². The average molecular weight is 182 g/mol. The molecule has 2 N–H and O–H groups in total. The molecule has 0 amide bonds. The molecule has 0 atom stereocenters. The Hall–Kier alpha value is -2.04. The van der Waals surface area contributed by atoms with Gasteiger partial charge in [0.15, 0.2) is 0 Å². The second-order valence-corrected chi connectivity index (χ2v) is 2.18. The van der Waals surface area contributed by atoms with Crippen molar-refractivity contribution in [1.82, 2.24) is 0 Å². The highest BCUT2D eigenvalue weighted by atomic mass is 16.4. The molecule has 0 saturated carbocycles. The molecule has 0 aromatic carbocycles. The molecule has 1 aromatic rings. The molecule has 0 unspecified atom stereocenters. The van der Waals surface area contributed by atoms with Crippen molar-refractivity contribution < 1.29 is 24.2 Å². The zero-order valence-corrected chi connectivity index (χ0v) is 6.43. The van der Waals surface area contributed by atoms with Gasteiger partial charge >= 0.3 is 11.9 Å². The Bertz CT molecular complexity index is 360. The van der Waals surface area contributed by atoms with E-state index in [0.29, 0.717) is 0 Å². The van der Waals surface area contributed by atoms with Gasteiger partial charge in [-0.15, -0.1) is 0 Å². The van der Waals surface area contributed by atoms with Gasteiger partial charge in [0.05, 0.1) is 0 Å². The first-order valence-corrected chi connectivity index (χ1v) is 3.34. The average Bonchev–Trinajstić information content (AvgIpc) is 2.48. The van der Waals surface area contributed by atoms with Crippen molar-refractivity contribution in [3.05, 3.63) is 29.7 Å². The van der Waals surface area contributed by atoms with E-state index in [2.05, 4.69) is 0 Å². The van der Waals surface area contributed by atoms with E-state index in [0.717, 1.165) is 6.08 Å². The minimum Gasteiger partial charge on any atom is -0.478 e. The molecule has 5 nitrogen and oxygen atoms in total. The maximum Gasteiger partial charge on any atom is 0.371 e. The van der Waals surface area contributed by atoms with Gasteiger partial charge in [0, 0.05) is 6.08 Å². The van der Waals surface area contributed by atoms with Crippen LogP contribution in [0.5, 0.6) is 0 Å². The third-order valence-electron chi connectivity index (χ3n) is 1.23. The molecule has 0 saturated heterocycles. The van der Waals surface area contributed by atoms with Crippen LogP contribution in [0.4, 0.5) is 0 Å². The van der Waals surface area contributed by atoms with Gasteiger partial charge in [0.2, 0.25) is 5.76 Å². The quantitative estimate of drug-likeness (QED) is 0.682. The second kappa shape index (κ2) is 3.57. The topological polar surface area (TPSA) is 87.7 Å². The summed E-state index contributed by atoms with van der Waals surface area (Å²) in [6, 6.07) is 2.63. The first-order valence-electron chi connectivity index (χ1n) is 3.34. The lowest BCUT2D eigenvalue weighted by molar-refractivity contribution is -0.131. The van der Waals surface area contributed by atoms with Gasteiger partial charge in [-0.25, -0.2) is 9.59 Å². The molecule has 1 heterocycles. The highest BCUT2D eigenvalue weighted by Gasteiger charge is 2.06. The second-order valence-electron chi connectivity index (χ2n) is 2.18. The maximum atomic E-state index is 10.3. The lowest BCUT2D eigenvalue weighted by atomic mass is 10.4. The molecule has 5 heteroatoms. The highest BCUT2D eigenvalue weighted by molar-refractivity contribution is 5.86. The van der Waals surface area contributed by atoms with Crippen LogP contribution in [-0.2, 0) is 4.79 Å². The molecule has 0 bridgehead atoms. The summed E-state index contributed by atoms with van der Waals surface area (Å²) in [4.78, 5) is 20.4. The molecule has 13 heavy (non-hydrogen) atoms. The van der Waals surface area contributed by atoms with Gasteiger partial charge in [-0.2, -0.15) is 0 Å². The summed E-state index contributed by atoms with van der Waals surface area (Å²) in [7, 11) is 0. The number of carboxylic acids is 2. The molecule has 68 valence electrons. The van der Waals surface area contributed by atoms with Crippen molar-refractivity contribution in [3.63, 3.8) is 0 Å². The van der Waals surface area contributed by atoms with Gasteiger partial charge in [0.1, 0.15) is 5.76 Å². The number of hydrogen-bond donors (Lipinski definition) is 2. The Morgan fingerprint density at radius 3 is 2.46 bits per heavy atom. The van der Waals surface area contributed by atoms with E-state index in [4.69, 9.17) is 14.6 Å². The van der Waals surface area contributed by atoms with Crippen molar-refractivity contribution in [1.29, 1.82) is 0 Å². The Kier molecular flexibility index (Phi) is 2.49. The zero-order valence-electron chi connectivity index (χ0n) is 6.43. The Morgan fingerprint density at radius 1 is 1.31 bits per heavy atom. The van der Waals surface area contributed by atoms with Crippen LogP contribution in [0, 0.1) is 0 Å². The predicted molar refractivity (Wildman–Crippen MR) is 42.3 cm³/mol. The van der Waals surface area contributed by atoms with E-state index in [1.807, 2.05) is 0 Å². The van der Waals surface area contributed by atoms with Crippen LogP contribution >= 0.6 is 0 Å². The van der Waals surface area contributed by atoms with Crippen LogP contribution in [0.1, 0.15) is 16.3 Å². The summed E-state index contributed by atoms with van der Waals surface area (Å²) in [5.74, 6) is -2.33. The third-order valence-corrected chi connectivity index (χ3v) is 1.23. The minimum atomic E-state index is -1.19. The number of carboxylic acid groups (broad SMARTS) is 2. The zero-order chi connectivity index (χ0) is 9.84.